The van der Waals surface area contributed by atoms with Crippen molar-refractivity contribution >= 4 is 21.8 Å². The number of likely N-dealkylation sites (N-methyl/N-ethyl adjacent to an activating group) is 1. The van der Waals surface area contributed by atoms with Gasteiger partial charge in [0.05, 0.1) is 4.90 Å². The van der Waals surface area contributed by atoms with Gasteiger partial charge in [-0.25, -0.2) is 13.1 Å². The highest BCUT2D eigenvalue weighted by atomic mass is 32.2. The fourth-order valence-electron chi connectivity index (χ4n) is 4.13. The van der Waals surface area contributed by atoms with Gasteiger partial charge in [0, 0.05) is 32.5 Å². The first-order valence-electron chi connectivity index (χ1n) is 12.6. The molecule has 0 aliphatic rings. The molecule has 0 radical (unpaired) electrons. The van der Waals surface area contributed by atoms with Crippen LogP contribution in [-0.2, 0) is 39.0 Å². The predicted molar refractivity (Wildman–Crippen MR) is 145 cm³/mol. The molecule has 0 heterocycles. The van der Waals surface area contributed by atoms with Gasteiger partial charge in [0.2, 0.25) is 21.8 Å². The SMILES string of the molecule is CCNC(=O)[C@H](Cc1ccccc1)N(Cc1ccccc1)C(=O)CCc1ccc(S(=O)(=O)NCC)cc1. The maximum Gasteiger partial charge on any atom is 0.243 e. The van der Waals surface area contributed by atoms with Crippen LogP contribution in [0.2, 0.25) is 0 Å². The number of hydrogen-bond donors (Lipinski definition) is 2. The van der Waals surface area contributed by atoms with Crippen molar-refractivity contribution in [1.29, 1.82) is 0 Å². The summed E-state index contributed by atoms with van der Waals surface area (Å²) < 4.78 is 26.9. The number of hydrogen-bond acceptors (Lipinski definition) is 4. The topological polar surface area (TPSA) is 95.6 Å². The maximum atomic E-state index is 13.6. The number of nitrogens with zero attached hydrogens (tertiary/aromatic N) is 1. The van der Waals surface area contributed by atoms with E-state index in [0.29, 0.717) is 32.5 Å². The van der Waals surface area contributed by atoms with Crippen molar-refractivity contribution in [2.75, 3.05) is 13.1 Å². The molecule has 1 atom stereocenters. The molecule has 8 heteroatoms. The number of rotatable bonds is 13. The van der Waals surface area contributed by atoms with E-state index in [-0.39, 0.29) is 23.1 Å². The maximum absolute atomic E-state index is 13.6. The van der Waals surface area contributed by atoms with E-state index in [4.69, 9.17) is 0 Å². The third kappa shape index (κ3) is 8.27. The Morgan fingerprint density at radius 1 is 0.784 bits per heavy atom. The quantitative estimate of drug-likeness (QED) is 0.359. The largest absolute Gasteiger partial charge is 0.355 e. The lowest BCUT2D eigenvalue weighted by atomic mass is 10.0. The van der Waals surface area contributed by atoms with Crippen LogP contribution in [0.1, 0.15) is 37.0 Å². The highest BCUT2D eigenvalue weighted by molar-refractivity contribution is 7.89. The lowest BCUT2D eigenvalue weighted by Gasteiger charge is -2.31. The molecule has 0 fully saturated rings. The van der Waals surface area contributed by atoms with Crippen molar-refractivity contribution in [2.24, 2.45) is 0 Å². The molecule has 0 aliphatic carbocycles. The Hall–Kier alpha value is -3.49. The molecule has 7 nitrogen and oxygen atoms in total. The van der Waals surface area contributed by atoms with Gasteiger partial charge in [-0.2, -0.15) is 0 Å². The Balaban J connectivity index is 1.82. The number of carbonyl (C=O) groups is 2. The van der Waals surface area contributed by atoms with E-state index in [0.717, 1.165) is 16.7 Å². The summed E-state index contributed by atoms with van der Waals surface area (Å²) in [5, 5.41) is 2.90. The molecule has 196 valence electrons. The summed E-state index contributed by atoms with van der Waals surface area (Å²) in [5.74, 6) is -0.325. The molecule has 0 saturated heterocycles. The summed E-state index contributed by atoms with van der Waals surface area (Å²) in [7, 11) is -3.53. The van der Waals surface area contributed by atoms with Crippen LogP contribution in [0, 0.1) is 0 Å². The van der Waals surface area contributed by atoms with Crippen LogP contribution in [-0.4, -0.2) is 44.3 Å². The second-order valence-corrected chi connectivity index (χ2v) is 10.5. The number of benzene rings is 3. The highest BCUT2D eigenvalue weighted by Gasteiger charge is 2.30. The standard InChI is InChI=1S/C29H35N3O4S/c1-3-30-29(34)27(21-24-11-7-5-8-12-24)32(22-25-13-9-6-10-14-25)28(33)20-17-23-15-18-26(19-16-23)37(35,36)31-4-2/h5-16,18-19,27,31H,3-4,17,20-22H2,1-2H3,(H,30,34)/t27-/m0/s1. The monoisotopic (exact) mass is 521 g/mol. The first kappa shape index (κ1) is 28.1. The normalized spacial score (nSPS) is 12.1. The second kappa shape index (κ2) is 13.7. The minimum atomic E-state index is -3.53. The minimum Gasteiger partial charge on any atom is -0.355 e. The summed E-state index contributed by atoms with van der Waals surface area (Å²) >= 11 is 0. The molecule has 0 spiro atoms. The van der Waals surface area contributed by atoms with Gasteiger partial charge >= 0.3 is 0 Å². The zero-order valence-electron chi connectivity index (χ0n) is 21.4. The summed E-state index contributed by atoms with van der Waals surface area (Å²) in [6.07, 6.45) is 1.03. The van der Waals surface area contributed by atoms with Gasteiger partial charge in [-0.05, 0) is 42.2 Å². The molecular formula is C29H35N3O4S. The van der Waals surface area contributed by atoms with Crippen LogP contribution in [0.5, 0.6) is 0 Å². The summed E-state index contributed by atoms with van der Waals surface area (Å²) in [6, 6.07) is 25.2. The zero-order chi connectivity index (χ0) is 26.7. The average Bonchev–Trinajstić information content (AvgIpc) is 2.91. The van der Waals surface area contributed by atoms with Gasteiger partial charge in [-0.1, -0.05) is 79.7 Å². The third-order valence-electron chi connectivity index (χ3n) is 6.01. The molecule has 0 aliphatic heterocycles. The lowest BCUT2D eigenvalue weighted by Crippen LogP contribution is -2.50. The average molecular weight is 522 g/mol. The molecule has 2 amide bonds. The van der Waals surface area contributed by atoms with E-state index >= 15 is 0 Å². The van der Waals surface area contributed by atoms with Crippen molar-refractivity contribution in [3.05, 3.63) is 102 Å². The van der Waals surface area contributed by atoms with Crippen molar-refractivity contribution in [3.63, 3.8) is 0 Å². The Labute approximate surface area is 220 Å². The van der Waals surface area contributed by atoms with Gasteiger partial charge in [0.1, 0.15) is 6.04 Å². The van der Waals surface area contributed by atoms with Gasteiger partial charge in [-0.15, -0.1) is 0 Å². The minimum absolute atomic E-state index is 0.139. The summed E-state index contributed by atoms with van der Waals surface area (Å²) in [5.41, 5.74) is 2.76. The molecule has 37 heavy (non-hydrogen) atoms. The molecule has 2 N–H and O–H groups in total. The van der Waals surface area contributed by atoms with Crippen LogP contribution in [0.4, 0.5) is 0 Å². The number of aryl methyl sites for hydroxylation is 1. The second-order valence-electron chi connectivity index (χ2n) is 8.75. The first-order chi connectivity index (χ1) is 17.8. The van der Waals surface area contributed by atoms with E-state index < -0.39 is 16.1 Å². The van der Waals surface area contributed by atoms with Crippen molar-refractivity contribution in [3.8, 4) is 0 Å². The smallest absolute Gasteiger partial charge is 0.243 e. The molecule has 3 aromatic rings. The first-order valence-corrected chi connectivity index (χ1v) is 14.1. The fraction of sp³-hybridized carbons (Fsp3) is 0.310. The van der Waals surface area contributed by atoms with Crippen molar-refractivity contribution < 1.29 is 18.0 Å². The molecule has 0 aromatic heterocycles. The van der Waals surface area contributed by atoms with Gasteiger partial charge in [0.15, 0.2) is 0 Å². The van der Waals surface area contributed by atoms with Gasteiger partial charge < -0.3 is 10.2 Å². The number of sulfonamides is 1. The molecule has 0 saturated carbocycles. The van der Waals surface area contributed by atoms with Gasteiger partial charge in [0.25, 0.3) is 0 Å². The Morgan fingerprint density at radius 3 is 1.95 bits per heavy atom. The van der Waals surface area contributed by atoms with Crippen LogP contribution in [0.25, 0.3) is 0 Å². The van der Waals surface area contributed by atoms with Crippen molar-refractivity contribution in [1.82, 2.24) is 14.9 Å². The molecule has 3 aromatic carbocycles. The summed E-state index contributed by atoms with van der Waals surface area (Å²) in [4.78, 5) is 28.6. The summed E-state index contributed by atoms with van der Waals surface area (Å²) in [6.45, 7) is 4.69. The van der Waals surface area contributed by atoms with Crippen LogP contribution >= 0.6 is 0 Å². The van der Waals surface area contributed by atoms with Crippen LogP contribution in [0.15, 0.2) is 89.8 Å². The molecule has 0 bridgehead atoms. The number of amides is 2. The molecular weight excluding hydrogens is 486 g/mol. The predicted octanol–water partition coefficient (Wildman–Crippen LogP) is 3.69. The fourth-order valence-corrected chi connectivity index (χ4v) is 5.17. The van der Waals surface area contributed by atoms with E-state index in [2.05, 4.69) is 10.0 Å². The lowest BCUT2D eigenvalue weighted by molar-refractivity contribution is -0.141. The Morgan fingerprint density at radius 2 is 1.38 bits per heavy atom. The van der Waals surface area contributed by atoms with Gasteiger partial charge in [-0.3, -0.25) is 9.59 Å². The number of nitrogens with one attached hydrogen (secondary N) is 2. The zero-order valence-corrected chi connectivity index (χ0v) is 22.2. The van der Waals surface area contributed by atoms with Crippen molar-refractivity contribution in [2.45, 2.75) is 50.6 Å². The number of carbonyl (C=O) groups excluding carboxylic acids is 2. The Bertz CT molecular complexity index is 1250. The van der Waals surface area contributed by atoms with Crippen LogP contribution < -0.4 is 10.0 Å². The Kier molecular flexibility index (Phi) is 10.4. The van der Waals surface area contributed by atoms with E-state index in [1.54, 1.807) is 36.1 Å². The highest BCUT2D eigenvalue weighted by Crippen LogP contribution is 2.18. The van der Waals surface area contributed by atoms with E-state index in [1.807, 2.05) is 67.6 Å². The third-order valence-corrected chi connectivity index (χ3v) is 7.57. The van der Waals surface area contributed by atoms with E-state index in [1.165, 1.54) is 0 Å². The van der Waals surface area contributed by atoms with Crippen LogP contribution in [0.3, 0.4) is 0 Å². The molecule has 0 unspecified atom stereocenters. The van der Waals surface area contributed by atoms with E-state index in [9.17, 15) is 18.0 Å². The molecule has 3 rings (SSSR count).